The zero-order valence-corrected chi connectivity index (χ0v) is 14.1. The molecule has 6 nitrogen and oxygen atoms in total. The van der Waals surface area contributed by atoms with Crippen LogP contribution in [0, 0.1) is 0 Å². The second-order valence-corrected chi connectivity index (χ2v) is 8.51. The van der Waals surface area contributed by atoms with Crippen molar-refractivity contribution < 1.29 is 8.42 Å². The standard InChI is InChI=1S/C14H21ClN4O2S/c15-13-10-16-11-17-14(13)18-8-4-12(5-9-18)22(20,21)19-6-2-1-3-7-19/h10-12H,1-9H2. The van der Waals surface area contributed by atoms with Gasteiger partial charge in [0.2, 0.25) is 10.0 Å². The number of anilines is 1. The van der Waals surface area contributed by atoms with E-state index in [1.807, 2.05) is 4.90 Å². The first kappa shape index (κ1) is 16.0. The number of hydrogen-bond acceptors (Lipinski definition) is 5. The third kappa shape index (κ3) is 3.21. The maximum atomic E-state index is 12.7. The lowest BCUT2D eigenvalue weighted by molar-refractivity contribution is 0.338. The Kier molecular flexibility index (Phi) is 4.84. The molecule has 0 saturated carbocycles. The van der Waals surface area contributed by atoms with E-state index in [9.17, 15) is 8.42 Å². The van der Waals surface area contributed by atoms with Gasteiger partial charge in [0.15, 0.2) is 5.82 Å². The molecule has 2 aliphatic rings. The third-order valence-electron chi connectivity index (χ3n) is 4.49. The predicted octanol–water partition coefficient (Wildman–Crippen LogP) is 1.91. The van der Waals surface area contributed by atoms with Gasteiger partial charge in [0, 0.05) is 26.2 Å². The minimum absolute atomic E-state index is 0.275. The normalized spacial score (nSPS) is 22.0. The summed E-state index contributed by atoms with van der Waals surface area (Å²) in [5.74, 6) is 0.700. The van der Waals surface area contributed by atoms with Crippen molar-refractivity contribution in [2.24, 2.45) is 0 Å². The highest BCUT2D eigenvalue weighted by Gasteiger charge is 2.35. The molecule has 3 heterocycles. The van der Waals surface area contributed by atoms with Crippen LogP contribution in [0.4, 0.5) is 5.82 Å². The lowest BCUT2D eigenvalue weighted by atomic mass is 10.1. The molecular formula is C14H21ClN4O2S. The minimum atomic E-state index is -3.16. The topological polar surface area (TPSA) is 66.4 Å². The molecule has 0 N–H and O–H groups in total. The summed E-state index contributed by atoms with van der Waals surface area (Å²) < 4.78 is 27.1. The molecule has 0 spiro atoms. The molecule has 0 aliphatic carbocycles. The molecule has 0 unspecified atom stereocenters. The first-order valence-electron chi connectivity index (χ1n) is 7.78. The van der Waals surface area contributed by atoms with E-state index < -0.39 is 10.0 Å². The Balaban J connectivity index is 1.65. The Labute approximate surface area is 136 Å². The van der Waals surface area contributed by atoms with Crippen molar-refractivity contribution >= 4 is 27.4 Å². The van der Waals surface area contributed by atoms with Crippen LogP contribution in [0.15, 0.2) is 12.5 Å². The lowest BCUT2D eigenvalue weighted by Gasteiger charge is -2.36. The molecule has 0 aromatic carbocycles. The fourth-order valence-corrected chi connectivity index (χ4v) is 5.45. The van der Waals surface area contributed by atoms with Gasteiger partial charge < -0.3 is 4.90 Å². The Morgan fingerprint density at radius 3 is 2.41 bits per heavy atom. The van der Waals surface area contributed by atoms with Gasteiger partial charge in [0.25, 0.3) is 0 Å². The number of sulfonamides is 1. The molecule has 122 valence electrons. The second kappa shape index (κ2) is 6.68. The fraction of sp³-hybridized carbons (Fsp3) is 0.714. The van der Waals surface area contributed by atoms with Crippen molar-refractivity contribution in [3.05, 3.63) is 17.5 Å². The minimum Gasteiger partial charge on any atom is -0.355 e. The van der Waals surface area contributed by atoms with Crippen molar-refractivity contribution in [3.63, 3.8) is 0 Å². The van der Waals surface area contributed by atoms with Gasteiger partial charge in [-0.25, -0.2) is 22.7 Å². The Morgan fingerprint density at radius 1 is 1.09 bits per heavy atom. The van der Waals surface area contributed by atoms with E-state index in [4.69, 9.17) is 11.6 Å². The van der Waals surface area contributed by atoms with Gasteiger partial charge in [-0.1, -0.05) is 18.0 Å². The summed E-state index contributed by atoms with van der Waals surface area (Å²) in [5.41, 5.74) is 0. The maximum absolute atomic E-state index is 12.7. The van der Waals surface area contributed by atoms with Crippen molar-refractivity contribution in [1.82, 2.24) is 14.3 Å². The molecule has 8 heteroatoms. The molecule has 3 rings (SSSR count). The van der Waals surface area contributed by atoms with Gasteiger partial charge in [-0.05, 0) is 25.7 Å². The molecule has 0 radical (unpaired) electrons. The van der Waals surface area contributed by atoms with E-state index in [1.165, 1.54) is 6.33 Å². The SMILES string of the molecule is O=S(=O)(C1CCN(c2ncncc2Cl)CC1)N1CCCCC1. The van der Waals surface area contributed by atoms with Gasteiger partial charge in [0.05, 0.1) is 11.4 Å². The number of hydrogen-bond donors (Lipinski definition) is 0. The van der Waals surface area contributed by atoms with Crippen LogP contribution in [0.25, 0.3) is 0 Å². The van der Waals surface area contributed by atoms with Crippen LogP contribution in [0.3, 0.4) is 0 Å². The van der Waals surface area contributed by atoms with Crippen molar-refractivity contribution in [3.8, 4) is 0 Å². The van der Waals surface area contributed by atoms with Gasteiger partial charge in [-0.3, -0.25) is 0 Å². The van der Waals surface area contributed by atoms with Crippen LogP contribution in [0.2, 0.25) is 5.02 Å². The molecule has 22 heavy (non-hydrogen) atoms. The fourth-order valence-electron chi connectivity index (χ4n) is 3.23. The number of nitrogens with zero attached hydrogens (tertiary/aromatic N) is 4. The Bertz CT molecular complexity index is 611. The molecular weight excluding hydrogens is 324 g/mol. The van der Waals surface area contributed by atoms with E-state index in [2.05, 4.69) is 9.97 Å². The first-order chi connectivity index (χ1) is 10.6. The summed E-state index contributed by atoms with van der Waals surface area (Å²) in [5, 5.41) is 0.238. The van der Waals surface area contributed by atoms with Gasteiger partial charge in [-0.2, -0.15) is 0 Å². The molecule has 1 aromatic heterocycles. The Hall–Kier alpha value is -0.920. The quantitative estimate of drug-likeness (QED) is 0.838. The summed E-state index contributed by atoms with van der Waals surface area (Å²) in [7, 11) is -3.16. The molecule has 0 bridgehead atoms. The Morgan fingerprint density at radius 2 is 1.77 bits per heavy atom. The van der Waals surface area contributed by atoms with E-state index in [0.29, 0.717) is 49.9 Å². The summed E-state index contributed by atoms with van der Waals surface area (Å²) in [6, 6.07) is 0. The van der Waals surface area contributed by atoms with E-state index in [-0.39, 0.29) is 5.25 Å². The predicted molar refractivity (Wildman–Crippen MR) is 86.6 cm³/mol. The van der Waals surface area contributed by atoms with Crippen molar-refractivity contribution in [2.75, 3.05) is 31.1 Å². The van der Waals surface area contributed by atoms with E-state index in [0.717, 1.165) is 19.3 Å². The molecule has 0 atom stereocenters. The summed E-state index contributed by atoms with van der Waals surface area (Å²) in [6.45, 7) is 2.68. The second-order valence-electron chi connectivity index (χ2n) is 5.89. The zero-order chi connectivity index (χ0) is 15.6. The first-order valence-corrected chi connectivity index (χ1v) is 9.66. The maximum Gasteiger partial charge on any atom is 0.217 e. The summed E-state index contributed by atoms with van der Waals surface area (Å²) in [6.07, 6.45) is 7.39. The van der Waals surface area contributed by atoms with Crippen LogP contribution < -0.4 is 4.90 Å². The molecule has 2 aliphatic heterocycles. The van der Waals surface area contributed by atoms with E-state index in [1.54, 1.807) is 10.5 Å². The van der Waals surface area contributed by atoms with Gasteiger partial charge in [0.1, 0.15) is 11.3 Å². The molecule has 2 fully saturated rings. The van der Waals surface area contributed by atoms with Crippen LogP contribution in [-0.2, 0) is 10.0 Å². The van der Waals surface area contributed by atoms with Gasteiger partial charge >= 0.3 is 0 Å². The average molecular weight is 345 g/mol. The zero-order valence-electron chi connectivity index (χ0n) is 12.5. The highest BCUT2D eigenvalue weighted by atomic mass is 35.5. The van der Waals surface area contributed by atoms with Crippen LogP contribution in [0.5, 0.6) is 0 Å². The third-order valence-corrected chi connectivity index (χ3v) is 7.15. The smallest absolute Gasteiger partial charge is 0.217 e. The summed E-state index contributed by atoms with van der Waals surface area (Å²) in [4.78, 5) is 10.1. The van der Waals surface area contributed by atoms with Crippen LogP contribution in [0.1, 0.15) is 32.1 Å². The average Bonchev–Trinajstić information content (AvgIpc) is 2.56. The number of halogens is 1. The van der Waals surface area contributed by atoms with Crippen LogP contribution in [-0.4, -0.2) is 54.1 Å². The molecule has 0 amide bonds. The largest absolute Gasteiger partial charge is 0.355 e. The van der Waals surface area contributed by atoms with Crippen LogP contribution >= 0.6 is 11.6 Å². The van der Waals surface area contributed by atoms with Crippen molar-refractivity contribution in [1.29, 1.82) is 0 Å². The summed E-state index contributed by atoms with van der Waals surface area (Å²) >= 11 is 6.11. The highest BCUT2D eigenvalue weighted by molar-refractivity contribution is 7.89. The van der Waals surface area contributed by atoms with Gasteiger partial charge in [-0.15, -0.1) is 0 Å². The number of aromatic nitrogens is 2. The highest BCUT2D eigenvalue weighted by Crippen LogP contribution is 2.28. The molecule has 1 aromatic rings. The number of piperidine rings is 2. The monoisotopic (exact) mass is 344 g/mol. The lowest BCUT2D eigenvalue weighted by Crippen LogP contribution is -2.47. The van der Waals surface area contributed by atoms with E-state index >= 15 is 0 Å². The van der Waals surface area contributed by atoms with Crippen molar-refractivity contribution in [2.45, 2.75) is 37.4 Å². The number of rotatable bonds is 3. The molecule has 2 saturated heterocycles.